The molecule has 110 valence electrons. The highest BCUT2D eigenvalue weighted by Gasteiger charge is 2.33. The molecule has 1 aliphatic carbocycles. The van der Waals surface area contributed by atoms with Crippen LogP contribution < -0.4 is 0 Å². The van der Waals surface area contributed by atoms with Gasteiger partial charge in [-0.2, -0.15) is 0 Å². The number of piperidine rings is 1. The molecule has 2 nitrogen and oxygen atoms in total. The Morgan fingerprint density at radius 2 is 1.36 bits per heavy atom. The molecule has 0 amide bonds. The number of carbonyl (C=O) groups is 1. The van der Waals surface area contributed by atoms with Crippen LogP contribution in [-0.4, -0.2) is 23.8 Å². The minimum Gasteiger partial charge on any atom is -0.368 e. The van der Waals surface area contributed by atoms with Gasteiger partial charge in [-0.05, 0) is 30.4 Å². The molecule has 2 aromatic rings. The average Bonchev–Trinajstić information content (AvgIpc) is 2.90. The van der Waals surface area contributed by atoms with E-state index in [4.69, 9.17) is 0 Å². The topological polar surface area (TPSA) is 20.3 Å². The molecule has 1 saturated heterocycles. The monoisotopic (exact) mass is 289 g/mol. The Labute approximate surface area is 131 Å². The maximum Gasteiger partial charge on any atom is 0.210 e. The van der Waals surface area contributed by atoms with Gasteiger partial charge in [0, 0.05) is 24.2 Å². The molecule has 0 atom stereocenters. The van der Waals surface area contributed by atoms with Gasteiger partial charge in [0.25, 0.3) is 0 Å². The summed E-state index contributed by atoms with van der Waals surface area (Å²) in [7, 11) is 0. The molecular formula is C20H19NO. The average molecular weight is 289 g/mol. The van der Waals surface area contributed by atoms with Gasteiger partial charge < -0.3 is 4.90 Å². The summed E-state index contributed by atoms with van der Waals surface area (Å²) in [5.74, 6) is 0.191. The third kappa shape index (κ3) is 2.07. The number of likely N-dealkylation sites (tertiary alicyclic amines) is 1. The van der Waals surface area contributed by atoms with Crippen molar-refractivity contribution in [3.63, 3.8) is 0 Å². The zero-order chi connectivity index (χ0) is 14.9. The normalized spacial score (nSPS) is 17.8. The van der Waals surface area contributed by atoms with Crippen LogP contribution in [0.5, 0.6) is 0 Å². The molecule has 0 radical (unpaired) electrons. The van der Waals surface area contributed by atoms with Gasteiger partial charge in [-0.1, -0.05) is 54.6 Å². The molecule has 1 heterocycles. The molecule has 0 aromatic heterocycles. The molecule has 22 heavy (non-hydrogen) atoms. The van der Waals surface area contributed by atoms with Crippen molar-refractivity contribution < 1.29 is 4.79 Å². The van der Waals surface area contributed by atoms with E-state index < -0.39 is 0 Å². The molecule has 0 saturated carbocycles. The predicted molar refractivity (Wildman–Crippen MR) is 88.7 cm³/mol. The maximum absolute atomic E-state index is 13.0. The molecule has 0 bridgehead atoms. The van der Waals surface area contributed by atoms with Crippen molar-refractivity contribution in [1.82, 2.24) is 4.90 Å². The van der Waals surface area contributed by atoms with E-state index in [-0.39, 0.29) is 5.78 Å². The number of ketones is 1. The fourth-order valence-electron chi connectivity index (χ4n) is 3.58. The fourth-order valence-corrected chi connectivity index (χ4v) is 3.58. The lowest BCUT2D eigenvalue weighted by atomic mass is 9.98. The van der Waals surface area contributed by atoms with Gasteiger partial charge in [-0.3, -0.25) is 4.79 Å². The van der Waals surface area contributed by atoms with E-state index in [2.05, 4.69) is 23.1 Å². The lowest BCUT2D eigenvalue weighted by Crippen LogP contribution is -2.32. The summed E-state index contributed by atoms with van der Waals surface area (Å²) in [6.07, 6.45) is 3.62. The van der Waals surface area contributed by atoms with E-state index in [1.807, 2.05) is 36.4 Å². The van der Waals surface area contributed by atoms with Crippen LogP contribution in [0.2, 0.25) is 0 Å². The van der Waals surface area contributed by atoms with Crippen molar-refractivity contribution in [2.24, 2.45) is 0 Å². The second-order valence-electron chi connectivity index (χ2n) is 6.01. The second-order valence-corrected chi connectivity index (χ2v) is 6.01. The van der Waals surface area contributed by atoms with Crippen LogP contribution in [-0.2, 0) is 0 Å². The number of nitrogens with zero attached hydrogens (tertiary/aromatic N) is 1. The summed E-state index contributed by atoms with van der Waals surface area (Å²) >= 11 is 0. The summed E-state index contributed by atoms with van der Waals surface area (Å²) in [6, 6.07) is 18.3. The zero-order valence-corrected chi connectivity index (χ0v) is 12.6. The SMILES string of the molecule is O=C1C(N2CCCCC2)=C(c2ccccc2)c2ccccc21. The van der Waals surface area contributed by atoms with E-state index in [0.29, 0.717) is 0 Å². The van der Waals surface area contributed by atoms with Gasteiger partial charge >= 0.3 is 0 Å². The number of hydrogen-bond donors (Lipinski definition) is 0. The number of allylic oxidation sites excluding steroid dienone is 1. The molecule has 4 rings (SSSR count). The number of rotatable bonds is 2. The number of fused-ring (bicyclic) bond motifs is 1. The maximum atomic E-state index is 13.0. The highest BCUT2D eigenvalue weighted by atomic mass is 16.1. The van der Waals surface area contributed by atoms with Crippen molar-refractivity contribution in [2.75, 3.05) is 13.1 Å². The summed E-state index contributed by atoms with van der Waals surface area (Å²) in [6.45, 7) is 1.98. The Hall–Kier alpha value is -2.35. The standard InChI is InChI=1S/C20H19NO/c22-20-17-12-6-5-11-16(17)18(15-9-3-1-4-10-15)19(20)21-13-7-2-8-14-21/h1,3-6,9-12H,2,7-8,13-14H2. The van der Waals surface area contributed by atoms with Crippen LogP contribution in [0.3, 0.4) is 0 Å². The second kappa shape index (κ2) is 5.45. The minimum absolute atomic E-state index is 0.191. The van der Waals surface area contributed by atoms with Crippen molar-refractivity contribution in [2.45, 2.75) is 19.3 Å². The largest absolute Gasteiger partial charge is 0.368 e. The summed E-state index contributed by atoms with van der Waals surface area (Å²) in [4.78, 5) is 15.3. The Morgan fingerprint density at radius 1 is 0.727 bits per heavy atom. The Kier molecular flexibility index (Phi) is 3.30. The minimum atomic E-state index is 0.191. The number of carbonyl (C=O) groups excluding carboxylic acids is 1. The Morgan fingerprint density at radius 3 is 2.09 bits per heavy atom. The van der Waals surface area contributed by atoms with Crippen molar-refractivity contribution >= 4 is 11.4 Å². The smallest absolute Gasteiger partial charge is 0.210 e. The van der Waals surface area contributed by atoms with Crippen LogP contribution in [0.1, 0.15) is 40.7 Å². The van der Waals surface area contributed by atoms with Crippen molar-refractivity contribution in [1.29, 1.82) is 0 Å². The molecule has 0 spiro atoms. The van der Waals surface area contributed by atoms with E-state index in [0.717, 1.165) is 41.1 Å². The van der Waals surface area contributed by atoms with Crippen LogP contribution in [0.15, 0.2) is 60.3 Å². The highest BCUT2D eigenvalue weighted by molar-refractivity contribution is 6.22. The van der Waals surface area contributed by atoms with Crippen LogP contribution >= 0.6 is 0 Å². The van der Waals surface area contributed by atoms with Crippen LogP contribution in [0.25, 0.3) is 5.57 Å². The zero-order valence-electron chi connectivity index (χ0n) is 12.6. The summed E-state index contributed by atoms with van der Waals surface area (Å²) in [5, 5.41) is 0. The first-order valence-corrected chi connectivity index (χ1v) is 8.05. The molecule has 1 aliphatic heterocycles. The fraction of sp³-hybridized carbons (Fsp3) is 0.250. The van der Waals surface area contributed by atoms with E-state index >= 15 is 0 Å². The third-order valence-electron chi connectivity index (χ3n) is 4.63. The molecule has 0 N–H and O–H groups in total. The summed E-state index contributed by atoms with van der Waals surface area (Å²) < 4.78 is 0. The van der Waals surface area contributed by atoms with Crippen molar-refractivity contribution in [3.05, 3.63) is 77.0 Å². The van der Waals surface area contributed by atoms with E-state index in [9.17, 15) is 4.79 Å². The van der Waals surface area contributed by atoms with Crippen LogP contribution in [0, 0.1) is 0 Å². The van der Waals surface area contributed by atoms with Gasteiger partial charge in [0.15, 0.2) is 0 Å². The molecule has 2 heteroatoms. The molecule has 2 aliphatic rings. The van der Waals surface area contributed by atoms with Crippen molar-refractivity contribution in [3.8, 4) is 0 Å². The van der Waals surface area contributed by atoms with Gasteiger partial charge in [0.1, 0.15) is 0 Å². The summed E-state index contributed by atoms with van der Waals surface area (Å²) in [5.41, 5.74) is 5.10. The lowest BCUT2D eigenvalue weighted by molar-refractivity contribution is 0.0989. The van der Waals surface area contributed by atoms with Gasteiger partial charge in [0.05, 0.1) is 5.70 Å². The highest BCUT2D eigenvalue weighted by Crippen LogP contribution is 2.39. The molecular weight excluding hydrogens is 270 g/mol. The first kappa shape index (κ1) is 13.3. The van der Waals surface area contributed by atoms with Gasteiger partial charge in [-0.15, -0.1) is 0 Å². The predicted octanol–water partition coefficient (Wildman–Crippen LogP) is 4.13. The van der Waals surface area contributed by atoms with E-state index in [1.165, 1.54) is 19.3 Å². The number of Topliss-reactive ketones (excluding diaryl/α,β-unsaturated/α-hetero) is 1. The number of benzene rings is 2. The Balaban J connectivity index is 1.91. The lowest BCUT2D eigenvalue weighted by Gasteiger charge is -2.30. The third-order valence-corrected chi connectivity index (χ3v) is 4.63. The quantitative estimate of drug-likeness (QED) is 0.828. The molecule has 1 fully saturated rings. The first-order valence-electron chi connectivity index (χ1n) is 8.05. The number of hydrogen-bond acceptors (Lipinski definition) is 2. The van der Waals surface area contributed by atoms with Gasteiger partial charge in [-0.25, -0.2) is 0 Å². The van der Waals surface area contributed by atoms with Gasteiger partial charge in [0.2, 0.25) is 5.78 Å². The molecule has 0 unspecified atom stereocenters. The molecule has 2 aromatic carbocycles. The first-order chi connectivity index (χ1) is 10.9. The van der Waals surface area contributed by atoms with E-state index in [1.54, 1.807) is 0 Å². The Bertz CT molecular complexity index is 739. The van der Waals surface area contributed by atoms with Crippen LogP contribution in [0.4, 0.5) is 0 Å².